The second-order valence-corrected chi connectivity index (χ2v) is 9.63. The summed E-state index contributed by atoms with van der Waals surface area (Å²) in [5.74, 6) is -0.255. The first-order chi connectivity index (χ1) is 17.5. The maximum absolute atomic E-state index is 13.5. The van der Waals surface area contributed by atoms with Gasteiger partial charge in [0.1, 0.15) is 11.9 Å². The third kappa shape index (κ3) is 4.99. The number of benzene rings is 4. The number of halogens is 2. The minimum absolute atomic E-state index is 0.133. The summed E-state index contributed by atoms with van der Waals surface area (Å²) >= 11 is 6.18. The molecule has 0 radical (unpaired) electrons. The quantitative estimate of drug-likeness (QED) is 0.292. The van der Waals surface area contributed by atoms with E-state index < -0.39 is 0 Å². The molecule has 4 aromatic rings. The van der Waals surface area contributed by atoms with E-state index in [2.05, 4.69) is 58.3 Å². The lowest BCUT2D eigenvalue weighted by Gasteiger charge is -2.41. The Morgan fingerprint density at radius 3 is 2.08 bits per heavy atom. The van der Waals surface area contributed by atoms with E-state index in [1.165, 1.54) is 23.3 Å². The summed E-state index contributed by atoms with van der Waals surface area (Å²) in [5.41, 5.74) is 6.97. The molecular formula is C31H27ClFN3. The third-order valence-electron chi connectivity index (χ3n) is 6.93. The SMILES string of the molecule is Cc1cc(-c2ccc(F)cc2)cc(N2CCN(C(c3ccccc3)c3ccc(Cl)cc3)CC2)c1C#N. The number of hydrogen-bond donors (Lipinski definition) is 0. The van der Waals surface area contributed by atoms with E-state index in [-0.39, 0.29) is 11.9 Å². The van der Waals surface area contributed by atoms with E-state index in [1.54, 1.807) is 12.1 Å². The van der Waals surface area contributed by atoms with Crippen molar-refractivity contribution in [2.75, 3.05) is 31.1 Å². The number of aryl methyl sites for hydroxylation is 1. The Morgan fingerprint density at radius 1 is 0.806 bits per heavy atom. The van der Waals surface area contributed by atoms with E-state index in [0.717, 1.165) is 53.6 Å². The summed E-state index contributed by atoms with van der Waals surface area (Å²) in [6, 6.07) is 31.8. The molecule has 1 aliphatic heterocycles. The maximum atomic E-state index is 13.5. The molecule has 0 spiro atoms. The largest absolute Gasteiger partial charge is 0.368 e. The van der Waals surface area contributed by atoms with Gasteiger partial charge in [-0.05, 0) is 71.1 Å². The molecule has 0 amide bonds. The zero-order chi connectivity index (χ0) is 25.1. The molecule has 1 atom stereocenters. The van der Waals surface area contributed by atoms with E-state index >= 15 is 0 Å². The summed E-state index contributed by atoms with van der Waals surface area (Å²) in [7, 11) is 0. The Labute approximate surface area is 217 Å². The van der Waals surface area contributed by atoms with Crippen LogP contribution in [0.25, 0.3) is 11.1 Å². The van der Waals surface area contributed by atoms with Gasteiger partial charge in [0.25, 0.3) is 0 Å². The summed E-state index contributed by atoms with van der Waals surface area (Å²) in [5, 5.41) is 10.7. The Balaban J connectivity index is 1.43. The van der Waals surface area contributed by atoms with Crippen molar-refractivity contribution >= 4 is 17.3 Å². The summed E-state index contributed by atoms with van der Waals surface area (Å²) in [6.07, 6.45) is 0. The van der Waals surface area contributed by atoms with Gasteiger partial charge in [-0.2, -0.15) is 5.26 Å². The summed E-state index contributed by atoms with van der Waals surface area (Å²) < 4.78 is 13.5. The maximum Gasteiger partial charge on any atom is 0.123 e. The number of nitriles is 1. The van der Waals surface area contributed by atoms with Crippen LogP contribution in [0, 0.1) is 24.1 Å². The molecule has 0 aliphatic carbocycles. The zero-order valence-corrected chi connectivity index (χ0v) is 20.9. The van der Waals surface area contributed by atoms with Gasteiger partial charge in [-0.15, -0.1) is 0 Å². The van der Waals surface area contributed by atoms with Crippen LogP contribution in [0.2, 0.25) is 5.02 Å². The first-order valence-corrected chi connectivity index (χ1v) is 12.5. The van der Waals surface area contributed by atoms with Crippen molar-refractivity contribution in [3.05, 3.63) is 124 Å². The monoisotopic (exact) mass is 495 g/mol. The minimum Gasteiger partial charge on any atom is -0.368 e. The predicted octanol–water partition coefficient (Wildman–Crippen LogP) is 7.24. The molecule has 5 heteroatoms. The minimum atomic E-state index is -0.255. The van der Waals surface area contributed by atoms with Crippen LogP contribution in [0.3, 0.4) is 0 Å². The molecule has 0 bridgehead atoms. The van der Waals surface area contributed by atoms with E-state index in [1.807, 2.05) is 31.2 Å². The van der Waals surface area contributed by atoms with Gasteiger partial charge in [0.2, 0.25) is 0 Å². The van der Waals surface area contributed by atoms with Crippen molar-refractivity contribution in [1.29, 1.82) is 5.26 Å². The number of nitrogens with zero attached hydrogens (tertiary/aromatic N) is 3. The van der Waals surface area contributed by atoms with Crippen LogP contribution in [-0.4, -0.2) is 31.1 Å². The first-order valence-electron chi connectivity index (χ1n) is 12.1. The molecule has 1 aliphatic rings. The molecule has 3 nitrogen and oxygen atoms in total. The van der Waals surface area contributed by atoms with Gasteiger partial charge in [-0.25, -0.2) is 4.39 Å². The van der Waals surface area contributed by atoms with Crippen LogP contribution in [-0.2, 0) is 0 Å². The second kappa shape index (κ2) is 10.5. The molecule has 0 N–H and O–H groups in total. The van der Waals surface area contributed by atoms with Gasteiger partial charge in [-0.1, -0.05) is 66.2 Å². The standard InChI is InChI=1S/C31H27ClFN3/c1-22-19-26(23-9-13-28(33)14-10-23)20-30(29(22)21-34)35-15-17-36(18-16-35)31(24-5-3-2-4-6-24)25-7-11-27(32)12-8-25/h2-14,19-20,31H,15-18H2,1H3. The molecule has 4 aromatic carbocycles. The highest BCUT2D eigenvalue weighted by Crippen LogP contribution is 2.34. The van der Waals surface area contributed by atoms with E-state index in [4.69, 9.17) is 11.6 Å². The Bertz CT molecular complexity index is 1370. The number of piperazine rings is 1. The van der Waals surface area contributed by atoms with Crippen LogP contribution in [0.4, 0.5) is 10.1 Å². The fourth-order valence-corrected chi connectivity index (χ4v) is 5.21. The van der Waals surface area contributed by atoms with Crippen LogP contribution in [0.5, 0.6) is 0 Å². The molecule has 5 rings (SSSR count). The topological polar surface area (TPSA) is 30.3 Å². The molecule has 0 saturated carbocycles. The van der Waals surface area contributed by atoms with Crippen LogP contribution in [0.15, 0.2) is 91.0 Å². The fourth-order valence-electron chi connectivity index (χ4n) is 5.09. The molecule has 0 aromatic heterocycles. The molecule has 36 heavy (non-hydrogen) atoms. The van der Waals surface area contributed by atoms with Crippen molar-refractivity contribution in [1.82, 2.24) is 4.90 Å². The van der Waals surface area contributed by atoms with Gasteiger partial charge >= 0.3 is 0 Å². The lowest BCUT2D eigenvalue weighted by Crippen LogP contribution is -2.48. The Morgan fingerprint density at radius 2 is 1.44 bits per heavy atom. The summed E-state index contributed by atoms with van der Waals surface area (Å²) in [4.78, 5) is 4.80. The highest BCUT2D eigenvalue weighted by atomic mass is 35.5. The second-order valence-electron chi connectivity index (χ2n) is 9.19. The van der Waals surface area contributed by atoms with Gasteiger partial charge in [-0.3, -0.25) is 4.90 Å². The lowest BCUT2D eigenvalue weighted by molar-refractivity contribution is 0.212. The highest BCUT2D eigenvalue weighted by Gasteiger charge is 2.28. The molecule has 1 heterocycles. The normalized spacial score (nSPS) is 14.9. The van der Waals surface area contributed by atoms with Crippen molar-refractivity contribution in [2.24, 2.45) is 0 Å². The Hall–Kier alpha value is -3.65. The fraction of sp³-hybridized carbons (Fsp3) is 0.194. The first kappa shape index (κ1) is 24.1. The number of hydrogen-bond acceptors (Lipinski definition) is 3. The van der Waals surface area contributed by atoms with Crippen LogP contribution >= 0.6 is 11.6 Å². The zero-order valence-electron chi connectivity index (χ0n) is 20.2. The van der Waals surface area contributed by atoms with Crippen molar-refractivity contribution in [2.45, 2.75) is 13.0 Å². The van der Waals surface area contributed by atoms with Gasteiger partial charge in [0.15, 0.2) is 0 Å². The van der Waals surface area contributed by atoms with E-state index in [9.17, 15) is 9.65 Å². The molecule has 1 saturated heterocycles. The summed E-state index contributed by atoms with van der Waals surface area (Å²) in [6.45, 7) is 5.28. The van der Waals surface area contributed by atoms with Gasteiger partial charge in [0, 0.05) is 31.2 Å². The molecule has 1 fully saturated rings. The van der Waals surface area contributed by atoms with Crippen LogP contribution in [0.1, 0.15) is 28.3 Å². The molecular weight excluding hydrogens is 469 g/mol. The Kier molecular flexibility index (Phi) is 7.04. The predicted molar refractivity (Wildman–Crippen MR) is 145 cm³/mol. The highest BCUT2D eigenvalue weighted by molar-refractivity contribution is 6.30. The van der Waals surface area contributed by atoms with Crippen molar-refractivity contribution in [3.63, 3.8) is 0 Å². The third-order valence-corrected chi connectivity index (χ3v) is 7.18. The molecule has 1 unspecified atom stereocenters. The number of anilines is 1. The van der Waals surface area contributed by atoms with Gasteiger partial charge in [0.05, 0.1) is 17.3 Å². The number of rotatable bonds is 5. The van der Waals surface area contributed by atoms with Crippen molar-refractivity contribution < 1.29 is 4.39 Å². The van der Waals surface area contributed by atoms with E-state index in [0.29, 0.717) is 5.56 Å². The smallest absolute Gasteiger partial charge is 0.123 e. The molecule has 180 valence electrons. The lowest BCUT2D eigenvalue weighted by atomic mass is 9.95. The van der Waals surface area contributed by atoms with Crippen LogP contribution < -0.4 is 4.90 Å². The van der Waals surface area contributed by atoms with Gasteiger partial charge < -0.3 is 4.90 Å². The average molecular weight is 496 g/mol. The average Bonchev–Trinajstić information content (AvgIpc) is 2.91. The van der Waals surface area contributed by atoms with Crippen molar-refractivity contribution in [3.8, 4) is 17.2 Å².